The number of hydrogen-bond acceptors (Lipinski definition) is 8. The lowest BCUT2D eigenvalue weighted by molar-refractivity contribution is -0.143. The molecule has 0 aliphatic carbocycles. The van der Waals surface area contributed by atoms with Crippen LogP contribution in [0.2, 0.25) is 0 Å². The number of rotatable bonds is 7. The second-order valence-electron chi connectivity index (χ2n) is 9.21. The fraction of sp³-hybridized carbons (Fsp3) is 0.346. The minimum atomic E-state index is -1.42. The number of amides is 1. The highest BCUT2D eigenvalue weighted by Crippen LogP contribution is 2.33. The molecule has 0 spiro atoms. The van der Waals surface area contributed by atoms with Crippen LogP contribution in [-0.2, 0) is 4.79 Å². The topological polar surface area (TPSA) is 142 Å². The highest BCUT2D eigenvalue weighted by molar-refractivity contribution is 5.81. The van der Waals surface area contributed by atoms with Crippen LogP contribution in [-0.4, -0.2) is 71.2 Å². The summed E-state index contributed by atoms with van der Waals surface area (Å²) in [5, 5.41) is 37.3. The molecular weight excluding hydrogens is 493 g/mol. The van der Waals surface area contributed by atoms with Crippen molar-refractivity contribution < 1.29 is 24.1 Å². The number of carbonyl (C=O) groups excluding carboxylic acids is 1. The van der Waals surface area contributed by atoms with Gasteiger partial charge in [-0.25, -0.2) is 8.91 Å². The molecule has 0 aromatic carbocycles. The van der Waals surface area contributed by atoms with Gasteiger partial charge < -0.3 is 19.8 Å². The molecular formula is C26H26FN7O4. The van der Waals surface area contributed by atoms with Gasteiger partial charge in [0.05, 0.1) is 36.9 Å². The third-order valence-electron chi connectivity index (χ3n) is 6.64. The van der Waals surface area contributed by atoms with E-state index < -0.39 is 30.5 Å². The molecule has 5 heterocycles. The van der Waals surface area contributed by atoms with Gasteiger partial charge in [-0.3, -0.25) is 14.5 Å². The van der Waals surface area contributed by atoms with E-state index in [4.69, 9.17) is 9.84 Å². The second kappa shape index (κ2) is 10.6. The third-order valence-corrected chi connectivity index (χ3v) is 6.64. The number of fused-ring (bicyclic) bond motifs is 1. The number of aliphatic hydroxyl groups excluding tert-OH is 2. The van der Waals surface area contributed by atoms with E-state index in [0.717, 1.165) is 30.2 Å². The summed E-state index contributed by atoms with van der Waals surface area (Å²) >= 11 is 0. The van der Waals surface area contributed by atoms with Crippen LogP contribution in [0.4, 0.5) is 4.39 Å². The van der Waals surface area contributed by atoms with E-state index >= 15 is 0 Å². The monoisotopic (exact) mass is 519 g/mol. The summed E-state index contributed by atoms with van der Waals surface area (Å²) in [5.74, 6) is -0.524. The zero-order valence-electron chi connectivity index (χ0n) is 20.6. The van der Waals surface area contributed by atoms with Crippen molar-refractivity contribution in [2.45, 2.75) is 38.0 Å². The molecule has 0 unspecified atom stereocenters. The summed E-state index contributed by atoms with van der Waals surface area (Å²) in [7, 11) is 0. The lowest BCUT2D eigenvalue weighted by Crippen LogP contribution is -2.46. The minimum absolute atomic E-state index is 0.0914. The van der Waals surface area contributed by atoms with Crippen LogP contribution in [0.3, 0.4) is 0 Å². The van der Waals surface area contributed by atoms with Crippen LogP contribution < -0.4 is 4.74 Å². The van der Waals surface area contributed by atoms with Crippen LogP contribution in [0, 0.1) is 17.1 Å². The van der Waals surface area contributed by atoms with Crippen molar-refractivity contribution in [1.82, 2.24) is 29.3 Å². The first-order valence-electron chi connectivity index (χ1n) is 12.2. The van der Waals surface area contributed by atoms with Gasteiger partial charge in [0.15, 0.2) is 6.10 Å². The molecule has 0 saturated carbocycles. The molecule has 2 N–H and O–H groups in total. The van der Waals surface area contributed by atoms with Gasteiger partial charge in [0, 0.05) is 36.6 Å². The Balaban J connectivity index is 1.44. The summed E-state index contributed by atoms with van der Waals surface area (Å²) in [6.07, 6.45) is 7.53. The maximum atomic E-state index is 13.3. The van der Waals surface area contributed by atoms with Gasteiger partial charge in [-0.2, -0.15) is 15.5 Å². The average Bonchev–Trinajstić information content (AvgIpc) is 3.60. The number of aromatic nitrogens is 5. The number of carbonyl (C=O) groups is 1. The SMILES string of the molecule is C[C@@H](Oc1cc(-c2cnn([C@H]3CCCN(C(=O)[C@H](O)CO)C3)c2)cn2ncc(C#N)c12)c1ccc(F)cn1. The fourth-order valence-electron chi connectivity index (χ4n) is 4.64. The number of hydrogen-bond donors (Lipinski definition) is 2. The molecule has 0 radical (unpaired) electrons. The van der Waals surface area contributed by atoms with Crippen molar-refractivity contribution in [3.05, 3.63) is 66.3 Å². The van der Waals surface area contributed by atoms with Crippen LogP contribution in [0.1, 0.15) is 43.2 Å². The van der Waals surface area contributed by atoms with E-state index in [0.29, 0.717) is 35.6 Å². The van der Waals surface area contributed by atoms with Crippen LogP contribution in [0.25, 0.3) is 16.6 Å². The number of pyridine rings is 2. The Morgan fingerprint density at radius 1 is 1.26 bits per heavy atom. The Morgan fingerprint density at radius 2 is 2.11 bits per heavy atom. The first-order valence-corrected chi connectivity index (χ1v) is 12.2. The summed E-state index contributed by atoms with van der Waals surface area (Å²) in [5.41, 5.74) is 2.89. The van der Waals surface area contributed by atoms with Gasteiger partial charge in [-0.15, -0.1) is 0 Å². The summed E-state index contributed by atoms with van der Waals surface area (Å²) in [4.78, 5) is 18.0. The van der Waals surface area contributed by atoms with Gasteiger partial charge in [-0.05, 0) is 38.0 Å². The summed E-state index contributed by atoms with van der Waals surface area (Å²) < 4.78 is 22.9. The largest absolute Gasteiger partial charge is 0.482 e. The van der Waals surface area contributed by atoms with Gasteiger partial charge in [-0.1, -0.05) is 0 Å². The number of likely N-dealkylation sites (tertiary alicyclic amines) is 1. The molecule has 4 aromatic rings. The Bertz CT molecular complexity index is 1490. The van der Waals surface area contributed by atoms with E-state index in [9.17, 15) is 19.6 Å². The predicted molar refractivity (Wildman–Crippen MR) is 132 cm³/mol. The first-order chi connectivity index (χ1) is 18.4. The number of aliphatic hydroxyl groups is 2. The van der Waals surface area contributed by atoms with Gasteiger partial charge in [0.2, 0.25) is 0 Å². The maximum absolute atomic E-state index is 13.3. The molecule has 0 bridgehead atoms. The van der Waals surface area contributed by atoms with E-state index in [1.165, 1.54) is 12.3 Å². The van der Waals surface area contributed by atoms with Crippen molar-refractivity contribution in [2.24, 2.45) is 0 Å². The lowest BCUT2D eigenvalue weighted by Gasteiger charge is -2.33. The van der Waals surface area contributed by atoms with Crippen LogP contribution in [0.5, 0.6) is 5.75 Å². The van der Waals surface area contributed by atoms with Crippen LogP contribution in [0.15, 0.2) is 49.2 Å². The number of halogens is 1. The van der Waals surface area contributed by atoms with Crippen molar-refractivity contribution in [1.29, 1.82) is 5.26 Å². The zero-order chi connectivity index (χ0) is 26.8. The standard InChI is InChI=1S/C26H26FN7O4/c1-16(22-5-4-20(27)11-29-22)38-24-7-17(12-34-25(24)18(8-28)9-31-34)19-10-30-33(13-19)21-3-2-6-32(14-21)26(37)23(36)15-35/h4-5,7,9-13,16,21,23,35-36H,2-3,6,14-15H2,1H3/t16-,21+,23-/m1/s1. The molecule has 1 fully saturated rings. The summed E-state index contributed by atoms with van der Waals surface area (Å²) in [6.45, 7) is 2.06. The maximum Gasteiger partial charge on any atom is 0.253 e. The predicted octanol–water partition coefficient (Wildman–Crippen LogP) is 2.26. The van der Waals surface area contributed by atoms with Crippen molar-refractivity contribution in [3.63, 3.8) is 0 Å². The highest BCUT2D eigenvalue weighted by Gasteiger charge is 2.29. The number of nitrogens with zero attached hydrogens (tertiary/aromatic N) is 7. The molecule has 1 amide bonds. The highest BCUT2D eigenvalue weighted by atomic mass is 19.1. The molecule has 1 aliphatic heterocycles. The third kappa shape index (κ3) is 4.93. The number of ether oxygens (including phenoxy) is 1. The molecule has 196 valence electrons. The molecule has 5 rings (SSSR count). The smallest absolute Gasteiger partial charge is 0.253 e. The Labute approximate surface area is 217 Å². The Hall–Kier alpha value is -4.34. The molecule has 38 heavy (non-hydrogen) atoms. The lowest BCUT2D eigenvalue weighted by atomic mass is 10.0. The molecule has 1 saturated heterocycles. The van der Waals surface area contributed by atoms with Crippen LogP contribution >= 0.6 is 0 Å². The van der Waals surface area contributed by atoms with E-state index in [2.05, 4.69) is 21.3 Å². The van der Waals surface area contributed by atoms with E-state index in [-0.39, 0.29) is 6.04 Å². The molecule has 3 atom stereocenters. The molecule has 1 aliphatic rings. The number of nitriles is 1. The van der Waals surface area contributed by atoms with Crippen molar-refractivity contribution >= 4 is 11.4 Å². The zero-order valence-corrected chi connectivity index (χ0v) is 20.6. The normalized spacial score (nSPS) is 17.2. The molecule has 11 nitrogen and oxygen atoms in total. The Morgan fingerprint density at radius 3 is 2.84 bits per heavy atom. The second-order valence-corrected chi connectivity index (χ2v) is 9.21. The average molecular weight is 520 g/mol. The molecule has 4 aromatic heterocycles. The van der Waals surface area contributed by atoms with Crippen molar-refractivity contribution in [2.75, 3.05) is 19.7 Å². The first kappa shape index (κ1) is 25.3. The minimum Gasteiger partial charge on any atom is -0.482 e. The number of piperidine rings is 1. The van der Waals surface area contributed by atoms with Gasteiger partial charge in [0.25, 0.3) is 5.91 Å². The Kier molecular flexibility index (Phi) is 7.04. The van der Waals surface area contributed by atoms with E-state index in [1.54, 1.807) is 45.5 Å². The summed E-state index contributed by atoms with van der Waals surface area (Å²) in [6, 6.07) is 6.70. The fourth-order valence-corrected chi connectivity index (χ4v) is 4.64. The quantitative estimate of drug-likeness (QED) is 0.379. The van der Waals surface area contributed by atoms with Crippen molar-refractivity contribution in [3.8, 4) is 22.9 Å². The van der Waals surface area contributed by atoms with Gasteiger partial charge in [0.1, 0.15) is 34.8 Å². The van der Waals surface area contributed by atoms with E-state index in [1.807, 2.05) is 6.20 Å². The molecule has 12 heteroatoms. The van der Waals surface area contributed by atoms with Gasteiger partial charge >= 0.3 is 0 Å².